The van der Waals surface area contributed by atoms with Crippen LogP contribution < -0.4 is 5.73 Å². The fraction of sp³-hybridized carbons (Fsp3) is 0.182. The molecule has 15 heavy (non-hydrogen) atoms. The van der Waals surface area contributed by atoms with Crippen LogP contribution in [0.3, 0.4) is 0 Å². The van der Waals surface area contributed by atoms with Crippen molar-refractivity contribution in [3.8, 4) is 0 Å². The third kappa shape index (κ3) is 3.72. The van der Waals surface area contributed by atoms with E-state index in [0.29, 0.717) is 23.5 Å². The SMILES string of the molecule is CC(C)=CC(N)=Nc1ccc(C=O)nc1. The van der Waals surface area contributed by atoms with Crippen molar-refractivity contribution in [1.82, 2.24) is 4.98 Å². The van der Waals surface area contributed by atoms with Gasteiger partial charge >= 0.3 is 0 Å². The highest BCUT2D eigenvalue weighted by molar-refractivity contribution is 5.93. The lowest BCUT2D eigenvalue weighted by atomic mass is 10.3. The van der Waals surface area contributed by atoms with E-state index in [9.17, 15) is 4.79 Å². The Bertz CT molecular complexity index is 400. The molecular weight excluding hydrogens is 190 g/mol. The smallest absolute Gasteiger partial charge is 0.168 e. The Kier molecular flexibility index (Phi) is 3.74. The van der Waals surface area contributed by atoms with Crippen LogP contribution in [0.4, 0.5) is 5.69 Å². The molecule has 0 radical (unpaired) electrons. The Labute approximate surface area is 88.5 Å². The van der Waals surface area contributed by atoms with E-state index in [2.05, 4.69) is 9.98 Å². The van der Waals surface area contributed by atoms with Crippen LogP contribution in [0.2, 0.25) is 0 Å². The summed E-state index contributed by atoms with van der Waals surface area (Å²) in [6, 6.07) is 3.30. The van der Waals surface area contributed by atoms with Crippen molar-refractivity contribution in [2.75, 3.05) is 0 Å². The van der Waals surface area contributed by atoms with Crippen LogP contribution >= 0.6 is 0 Å². The van der Waals surface area contributed by atoms with Gasteiger partial charge in [-0.3, -0.25) is 9.78 Å². The number of nitrogens with two attached hydrogens (primary N) is 1. The molecule has 0 bridgehead atoms. The molecule has 78 valence electrons. The Morgan fingerprint density at radius 2 is 2.20 bits per heavy atom. The summed E-state index contributed by atoms with van der Waals surface area (Å²) in [4.78, 5) is 18.3. The summed E-state index contributed by atoms with van der Waals surface area (Å²) < 4.78 is 0. The van der Waals surface area contributed by atoms with E-state index in [4.69, 9.17) is 5.73 Å². The van der Waals surface area contributed by atoms with Gasteiger partial charge in [0.25, 0.3) is 0 Å². The van der Waals surface area contributed by atoms with Crippen LogP contribution in [-0.4, -0.2) is 17.1 Å². The molecule has 0 amide bonds. The van der Waals surface area contributed by atoms with Crippen molar-refractivity contribution >= 4 is 17.8 Å². The Morgan fingerprint density at radius 1 is 1.47 bits per heavy atom. The molecule has 0 aromatic carbocycles. The number of hydrogen-bond donors (Lipinski definition) is 1. The van der Waals surface area contributed by atoms with Gasteiger partial charge in [-0.15, -0.1) is 0 Å². The minimum absolute atomic E-state index is 0.384. The Morgan fingerprint density at radius 3 is 2.67 bits per heavy atom. The molecule has 0 spiro atoms. The molecule has 2 N–H and O–H groups in total. The van der Waals surface area contributed by atoms with Gasteiger partial charge in [0.15, 0.2) is 6.29 Å². The maximum absolute atomic E-state index is 10.4. The van der Waals surface area contributed by atoms with Gasteiger partial charge in [0, 0.05) is 0 Å². The summed E-state index contributed by atoms with van der Waals surface area (Å²) in [6.07, 6.45) is 3.97. The molecular formula is C11H13N3O. The van der Waals surface area contributed by atoms with Crippen LogP contribution in [0.5, 0.6) is 0 Å². The van der Waals surface area contributed by atoms with Crippen LogP contribution in [0.1, 0.15) is 24.3 Å². The number of aromatic nitrogens is 1. The summed E-state index contributed by atoms with van der Waals surface area (Å²) in [5.74, 6) is 0.427. The van der Waals surface area contributed by atoms with E-state index in [-0.39, 0.29) is 0 Å². The van der Waals surface area contributed by atoms with E-state index < -0.39 is 0 Å². The first-order chi connectivity index (χ1) is 7.11. The minimum atomic E-state index is 0.384. The molecule has 0 aliphatic carbocycles. The lowest BCUT2D eigenvalue weighted by Crippen LogP contribution is -2.07. The molecule has 0 unspecified atom stereocenters. The first-order valence-corrected chi connectivity index (χ1v) is 4.52. The van der Waals surface area contributed by atoms with Gasteiger partial charge in [0.05, 0.1) is 11.9 Å². The standard InChI is InChI=1S/C11H13N3O/c1-8(2)5-11(12)14-9-3-4-10(7-15)13-6-9/h3-7H,1-2H3,(H2,12,14). The van der Waals surface area contributed by atoms with E-state index in [0.717, 1.165) is 5.57 Å². The van der Waals surface area contributed by atoms with Crippen LogP contribution in [0, 0.1) is 0 Å². The number of hydrogen-bond acceptors (Lipinski definition) is 3. The zero-order valence-corrected chi connectivity index (χ0v) is 8.77. The van der Waals surface area contributed by atoms with Gasteiger partial charge in [-0.25, -0.2) is 4.99 Å². The summed E-state index contributed by atoms with van der Waals surface area (Å²) in [5, 5.41) is 0. The van der Waals surface area contributed by atoms with Crippen LogP contribution in [0.25, 0.3) is 0 Å². The van der Waals surface area contributed by atoms with Crippen molar-refractivity contribution < 1.29 is 4.79 Å². The molecule has 1 aromatic heterocycles. The zero-order chi connectivity index (χ0) is 11.3. The normalized spacial score (nSPS) is 10.9. The summed E-state index contributed by atoms with van der Waals surface area (Å²) in [5.41, 5.74) is 7.75. The largest absolute Gasteiger partial charge is 0.384 e. The summed E-state index contributed by atoms with van der Waals surface area (Å²) in [6.45, 7) is 3.88. The van der Waals surface area contributed by atoms with E-state index in [1.807, 2.05) is 13.8 Å². The number of carbonyl (C=O) groups is 1. The number of rotatable bonds is 3. The van der Waals surface area contributed by atoms with E-state index in [1.54, 1.807) is 18.2 Å². The lowest BCUT2D eigenvalue weighted by molar-refractivity contribution is 0.111. The van der Waals surface area contributed by atoms with Crippen molar-refractivity contribution in [1.29, 1.82) is 0 Å². The number of carbonyl (C=O) groups excluding carboxylic acids is 1. The number of pyridine rings is 1. The minimum Gasteiger partial charge on any atom is -0.384 e. The van der Waals surface area contributed by atoms with Gasteiger partial charge in [0.1, 0.15) is 11.5 Å². The second-order valence-electron chi connectivity index (χ2n) is 3.32. The van der Waals surface area contributed by atoms with Gasteiger partial charge in [-0.2, -0.15) is 0 Å². The van der Waals surface area contributed by atoms with Crippen molar-refractivity contribution in [3.63, 3.8) is 0 Å². The third-order valence-electron chi connectivity index (χ3n) is 1.59. The van der Waals surface area contributed by atoms with Gasteiger partial charge in [-0.05, 0) is 32.1 Å². The first kappa shape index (κ1) is 11.1. The van der Waals surface area contributed by atoms with Gasteiger partial charge in [-0.1, -0.05) is 5.57 Å². The van der Waals surface area contributed by atoms with Crippen molar-refractivity contribution in [2.24, 2.45) is 10.7 Å². The fourth-order valence-electron chi connectivity index (χ4n) is 1.01. The fourth-order valence-corrected chi connectivity index (χ4v) is 1.01. The number of aliphatic imine (C=N–C) groups is 1. The predicted molar refractivity (Wildman–Crippen MR) is 60.3 cm³/mol. The molecule has 1 rings (SSSR count). The maximum atomic E-state index is 10.4. The van der Waals surface area contributed by atoms with Crippen LogP contribution in [-0.2, 0) is 0 Å². The predicted octanol–water partition coefficient (Wildman–Crippen LogP) is 1.85. The second kappa shape index (κ2) is 5.05. The highest BCUT2D eigenvalue weighted by Crippen LogP contribution is 2.09. The second-order valence-corrected chi connectivity index (χ2v) is 3.32. The molecule has 0 aliphatic rings. The van der Waals surface area contributed by atoms with E-state index in [1.165, 1.54) is 6.20 Å². The average Bonchev–Trinajstić information content (AvgIpc) is 2.17. The summed E-state index contributed by atoms with van der Waals surface area (Å²) in [7, 11) is 0. The molecule has 4 nitrogen and oxygen atoms in total. The Hall–Kier alpha value is -1.97. The number of allylic oxidation sites excluding steroid dienone is 1. The van der Waals surface area contributed by atoms with Gasteiger partial charge in [0.2, 0.25) is 0 Å². The molecule has 1 aromatic rings. The Balaban J connectivity index is 2.89. The quantitative estimate of drug-likeness (QED) is 0.463. The highest BCUT2D eigenvalue weighted by atomic mass is 16.1. The first-order valence-electron chi connectivity index (χ1n) is 4.52. The molecule has 0 aliphatic heterocycles. The number of nitrogens with zero attached hydrogens (tertiary/aromatic N) is 2. The summed E-state index contributed by atoms with van der Waals surface area (Å²) >= 11 is 0. The third-order valence-corrected chi connectivity index (χ3v) is 1.59. The molecule has 0 saturated heterocycles. The molecule has 4 heteroatoms. The van der Waals surface area contributed by atoms with Crippen molar-refractivity contribution in [2.45, 2.75) is 13.8 Å². The zero-order valence-electron chi connectivity index (χ0n) is 8.77. The topological polar surface area (TPSA) is 68.3 Å². The highest BCUT2D eigenvalue weighted by Gasteiger charge is 1.93. The molecule has 1 heterocycles. The van der Waals surface area contributed by atoms with E-state index >= 15 is 0 Å². The molecule has 0 atom stereocenters. The molecule has 0 saturated carbocycles. The van der Waals surface area contributed by atoms with Crippen LogP contribution in [0.15, 0.2) is 35.0 Å². The average molecular weight is 203 g/mol. The number of amidine groups is 1. The van der Waals surface area contributed by atoms with Gasteiger partial charge < -0.3 is 5.73 Å². The number of aldehydes is 1. The lowest BCUT2D eigenvalue weighted by Gasteiger charge is -1.96. The van der Waals surface area contributed by atoms with Crippen molar-refractivity contribution in [3.05, 3.63) is 35.7 Å². The molecule has 0 fully saturated rings. The monoisotopic (exact) mass is 203 g/mol. The maximum Gasteiger partial charge on any atom is 0.168 e.